The highest BCUT2D eigenvalue weighted by Crippen LogP contribution is 2.25. The van der Waals surface area contributed by atoms with Crippen LogP contribution in [0.25, 0.3) is 22.5 Å². The molecule has 0 fully saturated rings. The molecule has 7 heteroatoms. The molecule has 0 bridgehead atoms. The molecule has 1 amide bonds. The maximum Gasteiger partial charge on any atom is 0.274 e. The van der Waals surface area contributed by atoms with Gasteiger partial charge in [-0.3, -0.25) is 4.79 Å². The molecular formula is C18H21ClN4O2. The maximum atomic E-state index is 12.0. The molecule has 0 aliphatic heterocycles. The van der Waals surface area contributed by atoms with Gasteiger partial charge in [0.2, 0.25) is 5.91 Å². The molecule has 2 heterocycles. The summed E-state index contributed by atoms with van der Waals surface area (Å²) in [6.07, 6.45) is 1.10. The molecule has 0 radical (unpaired) electrons. The molecule has 0 saturated carbocycles. The average Bonchev–Trinajstić information content (AvgIpc) is 3.17. The van der Waals surface area contributed by atoms with E-state index in [0.717, 1.165) is 16.6 Å². The predicted molar refractivity (Wildman–Crippen MR) is 97.4 cm³/mol. The molecule has 132 valence electrons. The van der Waals surface area contributed by atoms with Crippen LogP contribution in [0.15, 0.2) is 28.8 Å². The number of likely N-dealkylation sites (N-methyl/N-ethyl adjacent to an activating group) is 1. The van der Waals surface area contributed by atoms with Crippen LogP contribution < -0.4 is 0 Å². The van der Waals surface area contributed by atoms with E-state index in [2.05, 4.69) is 15.1 Å². The molecule has 1 aromatic carbocycles. The number of fused-ring (bicyclic) bond motifs is 1. The number of H-pyrrole nitrogens is 1. The number of nitrogens with zero attached hydrogens (tertiary/aromatic N) is 3. The molecule has 0 atom stereocenters. The van der Waals surface area contributed by atoms with Gasteiger partial charge in [-0.15, -0.1) is 0 Å². The molecule has 0 aliphatic carbocycles. The largest absolute Gasteiger partial charge is 0.351 e. The van der Waals surface area contributed by atoms with E-state index < -0.39 is 0 Å². The minimum atomic E-state index is 0.131. The van der Waals surface area contributed by atoms with Crippen LogP contribution in [-0.2, 0) is 11.2 Å². The number of rotatable bonds is 6. The highest BCUT2D eigenvalue weighted by atomic mass is 35.5. The Labute approximate surface area is 151 Å². The molecule has 0 aliphatic rings. The van der Waals surface area contributed by atoms with Gasteiger partial charge in [-0.05, 0) is 30.2 Å². The number of hydrogen-bond donors (Lipinski definition) is 1. The number of halogens is 1. The summed E-state index contributed by atoms with van der Waals surface area (Å²) in [7, 11) is 1.80. The normalized spacial score (nSPS) is 11.4. The van der Waals surface area contributed by atoms with Gasteiger partial charge in [0.05, 0.1) is 0 Å². The smallest absolute Gasteiger partial charge is 0.274 e. The molecule has 6 nitrogen and oxygen atoms in total. The number of carbonyl (C=O) groups excluding carboxylic acids is 1. The summed E-state index contributed by atoms with van der Waals surface area (Å²) >= 11 is 6.01. The number of nitrogens with one attached hydrogen (secondary N) is 1. The van der Waals surface area contributed by atoms with Crippen molar-refractivity contribution in [1.29, 1.82) is 0 Å². The van der Waals surface area contributed by atoms with Crippen molar-refractivity contribution in [3.63, 3.8) is 0 Å². The van der Waals surface area contributed by atoms with Gasteiger partial charge >= 0.3 is 0 Å². The third-order valence-corrected chi connectivity index (χ3v) is 4.20. The van der Waals surface area contributed by atoms with Crippen molar-refractivity contribution in [1.82, 2.24) is 20.0 Å². The second-order valence-electron chi connectivity index (χ2n) is 6.59. The number of aromatic nitrogens is 3. The van der Waals surface area contributed by atoms with E-state index in [1.54, 1.807) is 11.9 Å². The summed E-state index contributed by atoms with van der Waals surface area (Å²) in [5.41, 5.74) is 1.71. The highest BCUT2D eigenvalue weighted by Gasteiger charge is 2.14. The minimum Gasteiger partial charge on any atom is -0.351 e. The quantitative estimate of drug-likeness (QED) is 0.723. The fourth-order valence-electron chi connectivity index (χ4n) is 2.58. The highest BCUT2D eigenvalue weighted by molar-refractivity contribution is 6.31. The van der Waals surface area contributed by atoms with Crippen LogP contribution in [0.1, 0.15) is 26.1 Å². The molecular weight excluding hydrogens is 340 g/mol. The average molecular weight is 361 g/mol. The van der Waals surface area contributed by atoms with E-state index in [1.807, 2.05) is 38.1 Å². The van der Waals surface area contributed by atoms with E-state index in [1.165, 1.54) is 0 Å². The van der Waals surface area contributed by atoms with E-state index >= 15 is 0 Å². The fourth-order valence-corrected chi connectivity index (χ4v) is 2.76. The van der Waals surface area contributed by atoms with Crippen molar-refractivity contribution >= 4 is 28.4 Å². The SMILES string of the molecule is CC(C)CC(=O)N(C)CCc1noc(-c2cc3cc(Cl)ccc3[nH]2)n1. The second kappa shape index (κ2) is 7.27. The molecule has 3 aromatic rings. The van der Waals surface area contributed by atoms with Crippen LogP contribution in [0.5, 0.6) is 0 Å². The lowest BCUT2D eigenvalue weighted by molar-refractivity contribution is -0.130. The van der Waals surface area contributed by atoms with Gasteiger partial charge in [-0.25, -0.2) is 0 Å². The first-order valence-corrected chi connectivity index (χ1v) is 8.65. The number of aromatic amines is 1. The van der Waals surface area contributed by atoms with E-state index in [0.29, 0.717) is 42.0 Å². The van der Waals surface area contributed by atoms with Crippen LogP contribution in [0, 0.1) is 5.92 Å². The summed E-state index contributed by atoms with van der Waals surface area (Å²) < 4.78 is 5.34. The van der Waals surface area contributed by atoms with Gasteiger partial charge in [-0.1, -0.05) is 30.6 Å². The Morgan fingerprint density at radius 1 is 1.36 bits per heavy atom. The topological polar surface area (TPSA) is 75.0 Å². The molecule has 0 saturated heterocycles. The van der Waals surface area contributed by atoms with Crippen LogP contribution in [0.2, 0.25) is 5.02 Å². The minimum absolute atomic E-state index is 0.131. The monoisotopic (exact) mass is 360 g/mol. The lowest BCUT2D eigenvalue weighted by Gasteiger charge is -2.17. The number of carbonyl (C=O) groups is 1. The van der Waals surface area contributed by atoms with Crippen molar-refractivity contribution in [2.24, 2.45) is 5.92 Å². The Balaban J connectivity index is 1.66. The lowest BCUT2D eigenvalue weighted by atomic mass is 10.1. The lowest BCUT2D eigenvalue weighted by Crippen LogP contribution is -2.29. The van der Waals surface area contributed by atoms with Gasteiger partial charge < -0.3 is 14.4 Å². The summed E-state index contributed by atoms with van der Waals surface area (Å²) in [6, 6.07) is 7.54. The number of benzene rings is 1. The summed E-state index contributed by atoms with van der Waals surface area (Å²) in [5.74, 6) is 1.49. The Morgan fingerprint density at radius 2 is 2.16 bits per heavy atom. The Bertz CT molecular complexity index is 884. The second-order valence-corrected chi connectivity index (χ2v) is 7.03. The van der Waals surface area contributed by atoms with Crippen molar-refractivity contribution < 1.29 is 9.32 Å². The molecule has 0 unspecified atom stereocenters. The zero-order valence-corrected chi connectivity index (χ0v) is 15.3. The van der Waals surface area contributed by atoms with Crippen LogP contribution in [0.3, 0.4) is 0 Å². The summed E-state index contributed by atoms with van der Waals surface area (Å²) in [4.78, 5) is 21.3. The van der Waals surface area contributed by atoms with E-state index in [-0.39, 0.29) is 5.91 Å². The number of amides is 1. The third-order valence-electron chi connectivity index (χ3n) is 3.96. The summed E-state index contributed by atoms with van der Waals surface area (Å²) in [5, 5.41) is 5.67. The molecule has 1 N–H and O–H groups in total. The van der Waals surface area contributed by atoms with E-state index in [9.17, 15) is 4.79 Å². The first-order valence-electron chi connectivity index (χ1n) is 8.27. The van der Waals surface area contributed by atoms with Crippen LogP contribution >= 0.6 is 11.6 Å². The van der Waals surface area contributed by atoms with Crippen LogP contribution in [-0.4, -0.2) is 39.5 Å². The maximum absolute atomic E-state index is 12.0. The fraction of sp³-hybridized carbons (Fsp3) is 0.389. The van der Waals surface area contributed by atoms with Crippen molar-refractivity contribution in [3.05, 3.63) is 35.1 Å². The van der Waals surface area contributed by atoms with Gasteiger partial charge in [-0.2, -0.15) is 4.98 Å². The molecule has 25 heavy (non-hydrogen) atoms. The van der Waals surface area contributed by atoms with Crippen molar-refractivity contribution in [2.75, 3.05) is 13.6 Å². The van der Waals surface area contributed by atoms with Gasteiger partial charge in [0, 0.05) is 42.4 Å². The number of hydrogen-bond acceptors (Lipinski definition) is 4. The zero-order valence-electron chi connectivity index (χ0n) is 14.5. The Kier molecular flexibility index (Phi) is 5.08. The third kappa shape index (κ3) is 4.20. The molecule has 2 aromatic heterocycles. The predicted octanol–water partition coefficient (Wildman–Crippen LogP) is 3.92. The molecule has 0 spiro atoms. The van der Waals surface area contributed by atoms with Gasteiger partial charge in [0.1, 0.15) is 5.69 Å². The standard InChI is InChI=1S/C18H21ClN4O2/c1-11(2)8-17(24)23(3)7-6-16-21-18(25-22-16)15-10-12-9-13(19)4-5-14(12)20-15/h4-5,9-11,20H,6-8H2,1-3H3. The first-order chi connectivity index (χ1) is 11.9. The van der Waals surface area contributed by atoms with Crippen molar-refractivity contribution in [3.8, 4) is 11.6 Å². The van der Waals surface area contributed by atoms with Crippen molar-refractivity contribution in [2.45, 2.75) is 26.7 Å². The van der Waals surface area contributed by atoms with Gasteiger partial charge in [0.15, 0.2) is 5.82 Å². The molecule has 3 rings (SSSR count). The van der Waals surface area contributed by atoms with E-state index in [4.69, 9.17) is 16.1 Å². The van der Waals surface area contributed by atoms with Gasteiger partial charge in [0.25, 0.3) is 5.89 Å². The Morgan fingerprint density at radius 3 is 2.92 bits per heavy atom. The first kappa shape index (κ1) is 17.5. The Hall–Kier alpha value is -2.34. The van der Waals surface area contributed by atoms with Crippen LogP contribution in [0.4, 0.5) is 0 Å². The zero-order chi connectivity index (χ0) is 18.0. The summed E-state index contributed by atoms with van der Waals surface area (Å²) in [6.45, 7) is 4.63.